The molecule has 1 nitrogen and oxygen atoms in total. The van der Waals surface area contributed by atoms with Crippen LogP contribution in [0.4, 0.5) is 8.78 Å². The van der Waals surface area contributed by atoms with E-state index in [1.165, 1.54) is 0 Å². The molecule has 2 aromatic rings. The van der Waals surface area contributed by atoms with Crippen LogP contribution in [0.2, 0.25) is 5.02 Å². The SMILES string of the molecule is Fc1ccc(F)c(COc2ccccc2)c1Cl. The fourth-order valence-electron chi connectivity index (χ4n) is 1.37. The van der Waals surface area contributed by atoms with Gasteiger partial charge in [-0.25, -0.2) is 8.78 Å². The molecule has 0 radical (unpaired) electrons. The van der Waals surface area contributed by atoms with Gasteiger partial charge in [0.15, 0.2) is 0 Å². The number of halogens is 3. The molecule has 0 heterocycles. The van der Waals surface area contributed by atoms with Crippen molar-refractivity contribution in [3.63, 3.8) is 0 Å². The first-order chi connectivity index (χ1) is 8.18. The maximum atomic E-state index is 13.4. The number of para-hydroxylation sites is 1. The van der Waals surface area contributed by atoms with Crippen molar-refractivity contribution >= 4 is 11.6 Å². The van der Waals surface area contributed by atoms with Crippen LogP contribution in [0.5, 0.6) is 5.75 Å². The number of hydrogen-bond donors (Lipinski definition) is 0. The van der Waals surface area contributed by atoms with Crippen LogP contribution in [0.3, 0.4) is 0 Å². The molecule has 0 aliphatic rings. The van der Waals surface area contributed by atoms with Gasteiger partial charge in [-0.3, -0.25) is 0 Å². The molecule has 0 atom stereocenters. The number of hydrogen-bond acceptors (Lipinski definition) is 1. The van der Waals surface area contributed by atoms with E-state index in [4.69, 9.17) is 16.3 Å². The summed E-state index contributed by atoms with van der Waals surface area (Å²) in [5.41, 5.74) is 0.0236. The molecule has 2 rings (SSSR count). The summed E-state index contributed by atoms with van der Waals surface area (Å²) in [6.45, 7) is -0.105. The molecule has 0 saturated heterocycles. The highest BCUT2D eigenvalue weighted by molar-refractivity contribution is 6.31. The lowest BCUT2D eigenvalue weighted by atomic mass is 10.2. The zero-order valence-corrected chi connectivity index (χ0v) is 9.55. The smallest absolute Gasteiger partial charge is 0.142 e. The minimum absolute atomic E-state index is 0.0236. The van der Waals surface area contributed by atoms with Crippen LogP contribution in [-0.2, 0) is 6.61 Å². The van der Waals surface area contributed by atoms with E-state index >= 15 is 0 Å². The molecule has 0 spiro atoms. The van der Waals surface area contributed by atoms with Gasteiger partial charge >= 0.3 is 0 Å². The fraction of sp³-hybridized carbons (Fsp3) is 0.0769. The van der Waals surface area contributed by atoms with E-state index in [0.717, 1.165) is 12.1 Å². The van der Waals surface area contributed by atoms with Crippen molar-refractivity contribution in [2.24, 2.45) is 0 Å². The van der Waals surface area contributed by atoms with Gasteiger partial charge < -0.3 is 4.74 Å². The maximum Gasteiger partial charge on any atom is 0.142 e. The third-order valence-electron chi connectivity index (χ3n) is 2.27. The normalized spacial score (nSPS) is 10.3. The van der Waals surface area contributed by atoms with Crippen molar-refractivity contribution in [3.8, 4) is 5.75 Å². The van der Waals surface area contributed by atoms with Crippen molar-refractivity contribution in [2.75, 3.05) is 0 Å². The van der Waals surface area contributed by atoms with E-state index in [-0.39, 0.29) is 17.2 Å². The van der Waals surface area contributed by atoms with Crippen molar-refractivity contribution in [1.82, 2.24) is 0 Å². The van der Waals surface area contributed by atoms with Gasteiger partial charge in [0.1, 0.15) is 24.0 Å². The third-order valence-corrected chi connectivity index (χ3v) is 2.67. The third kappa shape index (κ3) is 2.74. The molecule has 0 saturated carbocycles. The van der Waals surface area contributed by atoms with Crippen LogP contribution in [0, 0.1) is 11.6 Å². The van der Waals surface area contributed by atoms with Crippen molar-refractivity contribution in [2.45, 2.75) is 6.61 Å². The van der Waals surface area contributed by atoms with Crippen LogP contribution in [0.25, 0.3) is 0 Å². The van der Waals surface area contributed by atoms with Gasteiger partial charge in [0.2, 0.25) is 0 Å². The Hall–Kier alpha value is -1.61. The summed E-state index contributed by atoms with van der Waals surface area (Å²) in [5, 5.41) is -0.235. The highest BCUT2D eigenvalue weighted by atomic mass is 35.5. The quantitative estimate of drug-likeness (QED) is 0.746. The Morgan fingerprint density at radius 3 is 2.29 bits per heavy atom. The van der Waals surface area contributed by atoms with Crippen LogP contribution in [-0.4, -0.2) is 0 Å². The summed E-state index contributed by atoms with van der Waals surface area (Å²) < 4.78 is 31.9. The number of rotatable bonds is 3. The second-order valence-corrected chi connectivity index (χ2v) is 3.80. The van der Waals surface area contributed by atoms with Gasteiger partial charge in [-0.15, -0.1) is 0 Å². The van der Waals surface area contributed by atoms with Gasteiger partial charge in [0, 0.05) is 5.56 Å². The summed E-state index contributed by atoms with van der Waals surface area (Å²) in [6.07, 6.45) is 0. The van der Waals surface area contributed by atoms with E-state index < -0.39 is 11.6 Å². The first kappa shape index (κ1) is 11.9. The second kappa shape index (κ2) is 5.15. The molecule has 0 amide bonds. The van der Waals surface area contributed by atoms with E-state index in [1.807, 2.05) is 6.07 Å². The Morgan fingerprint density at radius 2 is 1.59 bits per heavy atom. The Balaban J connectivity index is 2.17. The minimum atomic E-state index is -0.653. The molecular weight excluding hydrogens is 246 g/mol. The summed E-state index contributed by atoms with van der Waals surface area (Å²) in [7, 11) is 0. The maximum absolute atomic E-state index is 13.4. The molecule has 0 unspecified atom stereocenters. The molecule has 0 fully saturated rings. The molecule has 0 bridgehead atoms. The second-order valence-electron chi connectivity index (χ2n) is 3.42. The topological polar surface area (TPSA) is 9.23 Å². The molecular formula is C13H9ClF2O. The van der Waals surface area contributed by atoms with Crippen LogP contribution < -0.4 is 4.74 Å². The van der Waals surface area contributed by atoms with Gasteiger partial charge in [-0.05, 0) is 24.3 Å². The number of ether oxygens (including phenoxy) is 1. The van der Waals surface area contributed by atoms with Gasteiger partial charge in [0.05, 0.1) is 5.02 Å². The molecule has 0 aliphatic carbocycles. The van der Waals surface area contributed by atoms with Gasteiger partial charge in [0.25, 0.3) is 0 Å². The molecule has 88 valence electrons. The summed E-state index contributed by atoms with van der Waals surface area (Å²) in [5.74, 6) is -0.653. The van der Waals surface area contributed by atoms with Crippen LogP contribution >= 0.6 is 11.6 Å². The predicted molar refractivity (Wildman–Crippen MR) is 62.1 cm³/mol. The lowest BCUT2D eigenvalue weighted by Gasteiger charge is -2.09. The average molecular weight is 255 g/mol. The Labute approximate surface area is 103 Å². The molecule has 0 aliphatic heterocycles. The molecule has 0 aromatic heterocycles. The minimum Gasteiger partial charge on any atom is -0.489 e. The van der Waals surface area contributed by atoms with Crippen molar-refractivity contribution in [1.29, 1.82) is 0 Å². The zero-order chi connectivity index (χ0) is 12.3. The van der Waals surface area contributed by atoms with Gasteiger partial charge in [-0.1, -0.05) is 29.8 Å². The highest BCUT2D eigenvalue weighted by Gasteiger charge is 2.12. The standard InChI is InChI=1S/C13H9ClF2O/c14-13-10(11(15)6-7-12(13)16)8-17-9-4-2-1-3-5-9/h1-7H,8H2. The van der Waals surface area contributed by atoms with Crippen LogP contribution in [0.1, 0.15) is 5.56 Å². The van der Waals surface area contributed by atoms with E-state index in [1.54, 1.807) is 24.3 Å². The first-order valence-electron chi connectivity index (χ1n) is 4.98. The lowest BCUT2D eigenvalue weighted by molar-refractivity contribution is 0.299. The first-order valence-corrected chi connectivity index (χ1v) is 5.36. The monoisotopic (exact) mass is 254 g/mol. The molecule has 17 heavy (non-hydrogen) atoms. The van der Waals surface area contributed by atoms with E-state index in [9.17, 15) is 8.78 Å². The zero-order valence-electron chi connectivity index (χ0n) is 8.79. The van der Waals surface area contributed by atoms with Gasteiger partial charge in [-0.2, -0.15) is 0 Å². The average Bonchev–Trinajstić information content (AvgIpc) is 2.35. The Kier molecular flexibility index (Phi) is 3.59. The summed E-state index contributed by atoms with van der Waals surface area (Å²) >= 11 is 5.67. The highest BCUT2D eigenvalue weighted by Crippen LogP contribution is 2.24. The summed E-state index contributed by atoms with van der Waals surface area (Å²) in [6, 6.07) is 10.9. The lowest BCUT2D eigenvalue weighted by Crippen LogP contribution is -2.01. The van der Waals surface area contributed by atoms with E-state index in [2.05, 4.69) is 0 Å². The molecule has 4 heteroatoms. The predicted octanol–water partition coefficient (Wildman–Crippen LogP) is 4.20. The van der Waals surface area contributed by atoms with Crippen LogP contribution in [0.15, 0.2) is 42.5 Å². The fourth-order valence-corrected chi connectivity index (χ4v) is 1.58. The largest absolute Gasteiger partial charge is 0.489 e. The van der Waals surface area contributed by atoms with Crippen molar-refractivity contribution in [3.05, 3.63) is 64.7 Å². The summed E-state index contributed by atoms with van der Waals surface area (Å²) in [4.78, 5) is 0. The van der Waals surface area contributed by atoms with E-state index in [0.29, 0.717) is 5.75 Å². The molecule has 2 aromatic carbocycles. The molecule has 0 N–H and O–H groups in total. The van der Waals surface area contributed by atoms with Crippen molar-refractivity contribution < 1.29 is 13.5 Å². The Morgan fingerprint density at radius 1 is 0.941 bits per heavy atom. The number of benzene rings is 2. The Bertz CT molecular complexity index is 514.